The summed E-state index contributed by atoms with van der Waals surface area (Å²) >= 11 is 0. The fourth-order valence-corrected chi connectivity index (χ4v) is 4.79. The molecule has 0 aromatic rings. The second-order valence-electron chi connectivity index (χ2n) is 10.8. The molecule has 0 aromatic heterocycles. The molecular weight excluding hydrogens is 587 g/mol. The molecule has 256 valence electrons. The summed E-state index contributed by atoms with van der Waals surface area (Å²) in [7, 11) is -4.60. The number of ether oxygens (including phenoxy) is 2. The summed E-state index contributed by atoms with van der Waals surface area (Å²) in [6.07, 6.45) is 25.8. The zero-order valence-corrected chi connectivity index (χ0v) is 28.0. The van der Waals surface area contributed by atoms with E-state index in [1.54, 1.807) is 0 Å². The Morgan fingerprint density at radius 2 is 1.25 bits per heavy atom. The zero-order valence-electron chi connectivity index (χ0n) is 27.1. The van der Waals surface area contributed by atoms with Crippen LogP contribution in [0.3, 0.4) is 0 Å². The average Bonchev–Trinajstić information content (AvgIpc) is 3.01. The molecule has 11 heteroatoms. The van der Waals surface area contributed by atoms with Crippen molar-refractivity contribution in [2.75, 3.05) is 26.4 Å². The fraction of sp³-hybridized carbons (Fsp3) is 0.758. The van der Waals surface area contributed by atoms with Gasteiger partial charge in [0.2, 0.25) is 0 Å². The highest BCUT2D eigenvalue weighted by molar-refractivity contribution is 7.47. The van der Waals surface area contributed by atoms with Crippen LogP contribution in [0.4, 0.5) is 0 Å². The Kier molecular flexibility index (Phi) is 28.6. The van der Waals surface area contributed by atoms with Crippen LogP contribution in [0, 0.1) is 0 Å². The maximum absolute atomic E-state index is 12.4. The number of rotatable bonds is 30. The van der Waals surface area contributed by atoms with Crippen LogP contribution in [0.1, 0.15) is 123 Å². The number of carbonyl (C=O) groups excluding carboxylic acids is 2. The summed E-state index contributed by atoms with van der Waals surface area (Å²) in [6, 6.07) is 0. The molecule has 0 aliphatic rings. The summed E-state index contributed by atoms with van der Waals surface area (Å²) in [5, 5.41) is 18.2. The first-order chi connectivity index (χ1) is 21.2. The summed E-state index contributed by atoms with van der Waals surface area (Å²) in [6.45, 7) is 2.13. The molecule has 0 rings (SSSR count). The Balaban J connectivity index is 4.42. The predicted octanol–water partition coefficient (Wildman–Crippen LogP) is 7.27. The monoisotopic (exact) mass is 646 g/mol. The smallest absolute Gasteiger partial charge is 0.462 e. The number of unbranched alkanes of at least 4 members (excludes halogenated alkanes) is 10. The van der Waals surface area contributed by atoms with Crippen molar-refractivity contribution in [2.24, 2.45) is 0 Å². The number of allylic oxidation sites excluding steroid dienone is 6. The van der Waals surface area contributed by atoms with Gasteiger partial charge in [-0.2, -0.15) is 0 Å². The molecule has 44 heavy (non-hydrogen) atoms. The number of hydrogen-bond acceptors (Lipinski definition) is 9. The number of aliphatic hydroxyl groups excluding tert-OH is 2. The molecule has 10 nitrogen and oxygen atoms in total. The minimum absolute atomic E-state index is 0.165. The highest BCUT2D eigenvalue weighted by Crippen LogP contribution is 2.43. The molecule has 0 aromatic carbocycles. The van der Waals surface area contributed by atoms with Crippen LogP contribution >= 0.6 is 7.82 Å². The molecule has 0 bridgehead atoms. The van der Waals surface area contributed by atoms with Crippen LogP contribution in [0.15, 0.2) is 36.5 Å². The Labute approximate surface area is 265 Å². The molecular formula is C33H59O10P. The van der Waals surface area contributed by atoms with Crippen LogP contribution in [0.25, 0.3) is 0 Å². The topological polar surface area (TPSA) is 149 Å². The lowest BCUT2D eigenvalue weighted by atomic mass is 10.1. The molecule has 0 aliphatic carbocycles. The first-order valence-corrected chi connectivity index (χ1v) is 17.9. The van der Waals surface area contributed by atoms with Gasteiger partial charge in [0.05, 0.1) is 19.8 Å². The summed E-state index contributed by atoms with van der Waals surface area (Å²) in [4.78, 5) is 34.5. The van der Waals surface area contributed by atoms with Crippen LogP contribution in [0.5, 0.6) is 0 Å². The van der Waals surface area contributed by atoms with Gasteiger partial charge in [0.25, 0.3) is 0 Å². The molecule has 0 aliphatic heterocycles. The van der Waals surface area contributed by atoms with Gasteiger partial charge in [0.1, 0.15) is 12.7 Å². The second-order valence-corrected chi connectivity index (χ2v) is 12.3. The minimum atomic E-state index is -4.60. The molecule has 0 amide bonds. The van der Waals surface area contributed by atoms with Gasteiger partial charge in [-0.05, 0) is 44.9 Å². The van der Waals surface area contributed by atoms with Crippen molar-refractivity contribution < 1.29 is 47.8 Å². The maximum Gasteiger partial charge on any atom is 0.472 e. The van der Waals surface area contributed by atoms with Crippen molar-refractivity contribution in [3.63, 3.8) is 0 Å². The van der Waals surface area contributed by atoms with Gasteiger partial charge < -0.3 is 24.6 Å². The Hall–Kier alpha value is -1.81. The molecule has 0 saturated carbocycles. The van der Waals surface area contributed by atoms with E-state index in [2.05, 4.69) is 54.8 Å². The number of esters is 2. The lowest BCUT2D eigenvalue weighted by Crippen LogP contribution is -2.29. The highest BCUT2D eigenvalue weighted by atomic mass is 31.2. The number of hydrogen-bond donors (Lipinski definition) is 3. The van der Waals surface area contributed by atoms with Gasteiger partial charge in [-0.1, -0.05) is 102 Å². The van der Waals surface area contributed by atoms with Crippen molar-refractivity contribution in [3.8, 4) is 0 Å². The maximum atomic E-state index is 12.4. The molecule has 0 saturated heterocycles. The Morgan fingerprint density at radius 3 is 1.89 bits per heavy atom. The van der Waals surface area contributed by atoms with E-state index < -0.39 is 51.8 Å². The minimum Gasteiger partial charge on any atom is -0.462 e. The van der Waals surface area contributed by atoms with Gasteiger partial charge in [-0.15, -0.1) is 0 Å². The lowest BCUT2D eigenvalue weighted by Gasteiger charge is -2.20. The molecule has 3 unspecified atom stereocenters. The summed E-state index contributed by atoms with van der Waals surface area (Å²) in [5.74, 6) is -0.960. The van der Waals surface area contributed by atoms with Crippen LogP contribution in [-0.2, 0) is 32.7 Å². The highest BCUT2D eigenvalue weighted by Gasteiger charge is 2.27. The van der Waals surface area contributed by atoms with Gasteiger partial charge in [-0.3, -0.25) is 18.6 Å². The van der Waals surface area contributed by atoms with E-state index in [1.807, 2.05) is 0 Å². The molecule has 3 N–H and O–H groups in total. The summed E-state index contributed by atoms with van der Waals surface area (Å²) in [5.41, 5.74) is 0. The Bertz CT molecular complexity index is 842. The van der Waals surface area contributed by atoms with E-state index in [9.17, 15) is 24.2 Å². The van der Waals surface area contributed by atoms with Crippen LogP contribution < -0.4 is 0 Å². The van der Waals surface area contributed by atoms with E-state index in [0.29, 0.717) is 12.8 Å². The number of phosphoric ester groups is 1. The first-order valence-electron chi connectivity index (χ1n) is 16.4. The normalized spacial score (nSPS) is 14.8. The third-order valence-electron chi connectivity index (χ3n) is 6.56. The van der Waals surface area contributed by atoms with Crippen molar-refractivity contribution in [1.82, 2.24) is 0 Å². The van der Waals surface area contributed by atoms with Crippen molar-refractivity contribution in [3.05, 3.63) is 36.5 Å². The largest absolute Gasteiger partial charge is 0.472 e. The molecule has 0 fully saturated rings. The van der Waals surface area contributed by atoms with E-state index >= 15 is 0 Å². The van der Waals surface area contributed by atoms with Crippen molar-refractivity contribution in [2.45, 2.75) is 135 Å². The van der Waals surface area contributed by atoms with E-state index in [-0.39, 0.29) is 19.4 Å². The zero-order chi connectivity index (χ0) is 32.7. The van der Waals surface area contributed by atoms with Crippen LogP contribution in [0.2, 0.25) is 0 Å². The van der Waals surface area contributed by atoms with Gasteiger partial charge in [0.15, 0.2) is 6.10 Å². The SMILES string of the molecule is CC/C=C\C/C=C\C/C=C\CCCCCCCC(=O)OC(COC(=O)CCCCCCCC)COP(=O)(O)OCC(O)CO. The van der Waals surface area contributed by atoms with Gasteiger partial charge in [-0.25, -0.2) is 4.57 Å². The second kappa shape index (κ2) is 29.9. The Morgan fingerprint density at radius 1 is 0.705 bits per heavy atom. The van der Waals surface area contributed by atoms with E-state index in [4.69, 9.17) is 19.1 Å². The molecule has 0 radical (unpaired) electrons. The van der Waals surface area contributed by atoms with Crippen molar-refractivity contribution in [1.29, 1.82) is 0 Å². The summed E-state index contributed by atoms with van der Waals surface area (Å²) < 4.78 is 32.3. The average molecular weight is 647 g/mol. The van der Waals surface area contributed by atoms with E-state index in [1.165, 1.54) is 6.42 Å². The lowest BCUT2D eigenvalue weighted by molar-refractivity contribution is -0.161. The van der Waals surface area contributed by atoms with Gasteiger partial charge in [0, 0.05) is 12.8 Å². The fourth-order valence-electron chi connectivity index (χ4n) is 4.00. The third kappa shape index (κ3) is 28.9. The third-order valence-corrected chi connectivity index (χ3v) is 7.51. The standard InChI is InChI=1S/C33H59O10P/c1-3-5-7-9-11-12-13-14-15-16-17-18-19-21-23-25-33(37)43-31(29-42-44(38,39)41-27-30(35)26-34)28-40-32(36)24-22-20-10-8-6-4-2/h5,7,11-12,14-15,30-31,34-35H,3-4,6,8-10,13,16-29H2,1-2H3,(H,38,39)/b7-5-,12-11-,15-14-. The van der Waals surface area contributed by atoms with Crippen molar-refractivity contribution >= 4 is 19.8 Å². The molecule has 0 heterocycles. The number of phosphoric acid groups is 1. The first kappa shape index (κ1) is 42.2. The molecule has 3 atom stereocenters. The van der Waals surface area contributed by atoms with E-state index in [0.717, 1.165) is 77.0 Å². The number of aliphatic hydroxyl groups is 2. The number of carbonyl (C=O) groups is 2. The van der Waals surface area contributed by atoms with Crippen LogP contribution in [-0.4, -0.2) is 65.7 Å². The van der Waals surface area contributed by atoms with Gasteiger partial charge >= 0.3 is 19.8 Å². The predicted molar refractivity (Wildman–Crippen MR) is 173 cm³/mol. The molecule has 0 spiro atoms. The quantitative estimate of drug-likeness (QED) is 0.0315.